The Hall–Kier alpha value is -1.51. The Bertz CT molecular complexity index is 458. The summed E-state index contributed by atoms with van der Waals surface area (Å²) in [7, 11) is 1.59. The van der Waals surface area contributed by atoms with Gasteiger partial charge in [0.1, 0.15) is 5.69 Å². The van der Waals surface area contributed by atoms with Crippen molar-refractivity contribution < 1.29 is 19.1 Å². The molecule has 20 heavy (non-hydrogen) atoms. The molecule has 1 aromatic heterocycles. The highest BCUT2D eigenvalue weighted by Crippen LogP contribution is 2.28. The molecule has 0 N–H and O–H groups in total. The van der Waals surface area contributed by atoms with Crippen molar-refractivity contribution >= 4 is 17.3 Å². The Labute approximate surface area is 121 Å². The van der Waals surface area contributed by atoms with Crippen LogP contribution in [0, 0.1) is 17.0 Å². The maximum Gasteiger partial charge on any atom is 0.352 e. The Morgan fingerprint density at radius 3 is 2.65 bits per heavy atom. The zero-order valence-electron chi connectivity index (χ0n) is 11.3. The van der Waals surface area contributed by atoms with Crippen molar-refractivity contribution in [3.8, 4) is 5.88 Å². The first-order valence-corrected chi connectivity index (χ1v) is 6.32. The third kappa shape index (κ3) is 5.24. The van der Waals surface area contributed by atoms with Crippen LogP contribution in [0.15, 0.2) is 0 Å². The lowest BCUT2D eigenvalue weighted by Gasteiger charge is -2.07. The average molecular weight is 306 g/mol. The monoisotopic (exact) mass is 305 g/mol. The van der Waals surface area contributed by atoms with Gasteiger partial charge in [-0.25, -0.2) is 4.98 Å². The van der Waals surface area contributed by atoms with Crippen LogP contribution in [0.2, 0.25) is 5.28 Å². The molecule has 0 fully saturated rings. The third-order valence-corrected chi connectivity index (χ3v) is 2.45. The lowest BCUT2D eigenvalue weighted by molar-refractivity contribution is -0.387. The number of hydrogen-bond donors (Lipinski definition) is 0. The summed E-state index contributed by atoms with van der Waals surface area (Å²) >= 11 is 5.66. The van der Waals surface area contributed by atoms with Crippen molar-refractivity contribution in [3.63, 3.8) is 0 Å². The maximum absolute atomic E-state index is 10.9. The van der Waals surface area contributed by atoms with E-state index in [0.717, 1.165) is 0 Å². The molecule has 0 saturated carbocycles. The van der Waals surface area contributed by atoms with E-state index in [1.807, 2.05) is 0 Å². The Kier molecular flexibility index (Phi) is 7.13. The molecular formula is C11H16ClN3O5. The fraction of sp³-hybridized carbons (Fsp3) is 0.636. The number of hydrogen-bond acceptors (Lipinski definition) is 7. The second kappa shape index (κ2) is 8.62. The zero-order valence-corrected chi connectivity index (χ0v) is 12.1. The van der Waals surface area contributed by atoms with Gasteiger partial charge >= 0.3 is 5.69 Å². The topological polar surface area (TPSA) is 96.6 Å². The van der Waals surface area contributed by atoms with E-state index in [9.17, 15) is 10.1 Å². The van der Waals surface area contributed by atoms with Crippen molar-refractivity contribution in [1.82, 2.24) is 9.97 Å². The van der Waals surface area contributed by atoms with E-state index < -0.39 is 4.92 Å². The van der Waals surface area contributed by atoms with Crippen molar-refractivity contribution in [2.75, 3.05) is 33.5 Å². The van der Waals surface area contributed by atoms with Crippen LogP contribution in [0.1, 0.15) is 12.1 Å². The van der Waals surface area contributed by atoms with Gasteiger partial charge in [-0.05, 0) is 18.5 Å². The predicted octanol–water partition coefficient (Wildman–Crippen LogP) is 1.78. The molecule has 0 saturated heterocycles. The highest BCUT2D eigenvalue weighted by atomic mass is 35.5. The number of nitro groups is 1. The van der Waals surface area contributed by atoms with E-state index in [0.29, 0.717) is 26.2 Å². The number of halogens is 1. The fourth-order valence-electron chi connectivity index (χ4n) is 1.39. The summed E-state index contributed by atoms with van der Waals surface area (Å²) in [6, 6.07) is 0. The normalized spacial score (nSPS) is 10.6. The first-order valence-electron chi connectivity index (χ1n) is 5.94. The first-order chi connectivity index (χ1) is 9.56. The van der Waals surface area contributed by atoms with Crippen molar-refractivity contribution in [3.05, 3.63) is 21.1 Å². The molecular weight excluding hydrogens is 290 g/mol. The maximum atomic E-state index is 10.9. The summed E-state index contributed by atoms with van der Waals surface area (Å²) in [4.78, 5) is 17.8. The van der Waals surface area contributed by atoms with Crippen LogP contribution in [-0.2, 0) is 9.47 Å². The van der Waals surface area contributed by atoms with E-state index in [2.05, 4.69) is 9.97 Å². The molecule has 0 aromatic carbocycles. The van der Waals surface area contributed by atoms with Gasteiger partial charge < -0.3 is 14.2 Å². The summed E-state index contributed by atoms with van der Waals surface area (Å²) in [6.07, 6.45) is 0.571. The van der Waals surface area contributed by atoms with Gasteiger partial charge in [0.15, 0.2) is 0 Å². The molecule has 0 unspecified atom stereocenters. The lowest BCUT2D eigenvalue weighted by Crippen LogP contribution is -2.09. The first kappa shape index (κ1) is 16.5. The molecule has 0 aliphatic rings. The van der Waals surface area contributed by atoms with Crippen LogP contribution >= 0.6 is 11.6 Å². The van der Waals surface area contributed by atoms with E-state index in [4.69, 9.17) is 25.8 Å². The molecule has 0 spiro atoms. The number of aromatic nitrogens is 2. The molecule has 9 heteroatoms. The Morgan fingerprint density at radius 2 is 2.00 bits per heavy atom. The predicted molar refractivity (Wildman–Crippen MR) is 71.2 cm³/mol. The van der Waals surface area contributed by atoms with Crippen molar-refractivity contribution in [2.24, 2.45) is 0 Å². The largest absolute Gasteiger partial charge is 0.473 e. The van der Waals surface area contributed by atoms with Crippen LogP contribution in [-0.4, -0.2) is 48.4 Å². The van der Waals surface area contributed by atoms with Crippen LogP contribution in [0.4, 0.5) is 5.69 Å². The van der Waals surface area contributed by atoms with E-state index in [1.54, 1.807) is 7.11 Å². The second-order valence-electron chi connectivity index (χ2n) is 3.80. The van der Waals surface area contributed by atoms with Gasteiger partial charge in [-0.3, -0.25) is 10.1 Å². The van der Waals surface area contributed by atoms with E-state index >= 15 is 0 Å². The summed E-state index contributed by atoms with van der Waals surface area (Å²) in [5.74, 6) is -0.121. The molecule has 1 aromatic rings. The van der Waals surface area contributed by atoms with Gasteiger partial charge in [-0.1, -0.05) is 0 Å². The standard InChI is InChI=1S/C11H16ClN3O5/c1-8-9(15(16)17)10(14-11(12)13-8)20-5-3-4-19-7-6-18-2/h3-7H2,1-2H3. The van der Waals surface area contributed by atoms with Gasteiger partial charge in [0, 0.05) is 20.1 Å². The summed E-state index contributed by atoms with van der Waals surface area (Å²) < 4.78 is 15.3. The summed E-state index contributed by atoms with van der Waals surface area (Å²) in [5.41, 5.74) is -0.101. The van der Waals surface area contributed by atoms with Gasteiger partial charge in [-0.15, -0.1) is 0 Å². The van der Waals surface area contributed by atoms with Gasteiger partial charge in [0.25, 0.3) is 5.88 Å². The van der Waals surface area contributed by atoms with Crippen molar-refractivity contribution in [1.29, 1.82) is 0 Å². The van der Waals surface area contributed by atoms with Gasteiger partial charge in [0.05, 0.1) is 24.7 Å². The van der Waals surface area contributed by atoms with E-state index in [1.165, 1.54) is 6.92 Å². The number of ether oxygens (including phenoxy) is 3. The number of aryl methyl sites for hydroxylation is 1. The molecule has 1 rings (SSSR count). The third-order valence-electron chi connectivity index (χ3n) is 2.29. The molecule has 0 atom stereocenters. The van der Waals surface area contributed by atoms with Crippen LogP contribution in [0.5, 0.6) is 5.88 Å². The minimum Gasteiger partial charge on any atom is -0.473 e. The highest BCUT2D eigenvalue weighted by molar-refractivity contribution is 6.28. The zero-order chi connectivity index (χ0) is 15.0. The number of rotatable bonds is 9. The fourth-order valence-corrected chi connectivity index (χ4v) is 1.60. The summed E-state index contributed by atoms with van der Waals surface area (Å²) in [6.45, 7) is 3.20. The quantitative estimate of drug-likeness (QED) is 0.297. The minimum absolute atomic E-state index is 0.0838. The van der Waals surface area contributed by atoms with Gasteiger partial charge in [-0.2, -0.15) is 4.98 Å². The lowest BCUT2D eigenvalue weighted by atomic mass is 10.3. The van der Waals surface area contributed by atoms with Gasteiger partial charge in [0.2, 0.25) is 5.28 Å². The number of methoxy groups -OCH3 is 1. The number of nitrogens with zero attached hydrogens (tertiary/aromatic N) is 3. The Balaban J connectivity index is 2.49. The average Bonchev–Trinajstić information content (AvgIpc) is 2.36. The molecule has 0 bridgehead atoms. The molecule has 0 radical (unpaired) electrons. The highest BCUT2D eigenvalue weighted by Gasteiger charge is 2.23. The summed E-state index contributed by atoms with van der Waals surface area (Å²) in [5, 5.41) is 10.8. The Morgan fingerprint density at radius 1 is 1.25 bits per heavy atom. The smallest absolute Gasteiger partial charge is 0.352 e. The molecule has 112 valence electrons. The molecule has 0 aliphatic carbocycles. The SMILES string of the molecule is COCCOCCCOc1nc(Cl)nc(C)c1[N+](=O)[O-]. The second-order valence-corrected chi connectivity index (χ2v) is 4.13. The minimum atomic E-state index is -0.587. The van der Waals surface area contributed by atoms with E-state index in [-0.39, 0.29) is 29.2 Å². The molecule has 8 nitrogen and oxygen atoms in total. The van der Waals surface area contributed by atoms with Crippen LogP contribution in [0.3, 0.4) is 0 Å². The van der Waals surface area contributed by atoms with Crippen LogP contribution in [0.25, 0.3) is 0 Å². The molecule has 1 heterocycles. The van der Waals surface area contributed by atoms with Crippen LogP contribution < -0.4 is 4.74 Å². The van der Waals surface area contributed by atoms with Crippen molar-refractivity contribution in [2.45, 2.75) is 13.3 Å². The molecule has 0 amide bonds. The molecule has 0 aliphatic heterocycles.